The summed E-state index contributed by atoms with van der Waals surface area (Å²) in [5, 5.41) is 0. The second-order valence-electron chi connectivity index (χ2n) is 3.52. The first-order valence-electron chi connectivity index (χ1n) is 5.01. The molecule has 0 fully saturated rings. The fourth-order valence-electron chi connectivity index (χ4n) is 1.41. The number of nitrogens with one attached hydrogen (secondary N) is 1. The normalized spacial score (nSPS) is 13.2. The van der Waals surface area contributed by atoms with Crippen LogP contribution in [0.1, 0.15) is 44.1 Å². The molecule has 0 aliphatic carbocycles. The first-order chi connectivity index (χ1) is 6.27. The lowest BCUT2D eigenvalue weighted by molar-refractivity contribution is 0.653. The van der Waals surface area contributed by atoms with Crippen molar-refractivity contribution in [2.45, 2.75) is 39.0 Å². The highest BCUT2D eigenvalue weighted by Crippen LogP contribution is 2.14. The average molecular weight is 181 g/mol. The smallest absolute Gasteiger partial charge is 0.109 e. The Morgan fingerprint density at radius 1 is 1.62 bits per heavy atom. The molecule has 3 N–H and O–H groups in total. The minimum Gasteiger partial charge on any atom is -0.346 e. The highest BCUT2D eigenvalue weighted by molar-refractivity contribution is 5.04. The third-order valence-electron chi connectivity index (χ3n) is 2.23. The van der Waals surface area contributed by atoms with Crippen molar-refractivity contribution in [1.82, 2.24) is 9.97 Å². The number of nitrogens with zero attached hydrogens (tertiary/aromatic N) is 1. The van der Waals surface area contributed by atoms with Crippen LogP contribution in [-0.2, 0) is 6.42 Å². The minimum absolute atomic E-state index is 0.454. The lowest BCUT2D eigenvalue weighted by atomic mass is 10.1. The molecule has 0 saturated heterocycles. The molecule has 0 aliphatic rings. The van der Waals surface area contributed by atoms with Crippen LogP contribution in [0.15, 0.2) is 6.20 Å². The van der Waals surface area contributed by atoms with Gasteiger partial charge in [-0.3, -0.25) is 0 Å². The monoisotopic (exact) mass is 181 g/mol. The van der Waals surface area contributed by atoms with Crippen molar-refractivity contribution in [3.63, 3.8) is 0 Å². The fraction of sp³-hybridized carbons (Fsp3) is 0.700. The second kappa shape index (κ2) is 5.02. The molecule has 3 heteroatoms. The lowest BCUT2D eigenvalue weighted by Crippen LogP contribution is -2.05. The first-order valence-corrected chi connectivity index (χ1v) is 5.01. The number of aromatic amines is 1. The Balaban J connectivity index is 2.56. The summed E-state index contributed by atoms with van der Waals surface area (Å²) in [5.74, 6) is 1.53. The van der Waals surface area contributed by atoms with Gasteiger partial charge in [0.25, 0.3) is 0 Å². The Morgan fingerprint density at radius 3 is 3.00 bits per heavy atom. The maximum absolute atomic E-state index is 5.49. The largest absolute Gasteiger partial charge is 0.346 e. The van der Waals surface area contributed by atoms with Crippen molar-refractivity contribution in [1.29, 1.82) is 0 Å². The van der Waals surface area contributed by atoms with Gasteiger partial charge in [0.15, 0.2) is 0 Å². The Kier molecular flexibility index (Phi) is 3.96. The van der Waals surface area contributed by atoms with Gasteiger partial charge >= 0.3 is 0 Å². The van der Waals surface area contributed by atoms with Gasteiger partial charge < -0.3 is 10.7 Å². The number of hydrogen-bond donors (Lipinski definition) is 2. The number of nitrogens with two attached hydrogens (primary N) is 1. The molecule has 1 heterocycles. The fourth-order valence-corrected chi connectivity index (χ4v) is 1.41. The van der Waals surface area contributed by atoms with Crippen LogP contribution in [0.4, 0.5) is 0 Å². The molecule has 3 nitrogen and oxygen atoms in total. The Labute approximate surface area is 79.8 Å². The molecule has 1 aromatic heterocycles. The molecule has 74 valence electrons. The van der Waals surface area contributed by atoms with E-state index in [4.69, 9.17) is 5.73 Å². The standard InChI is InChI=1S/C10H19N3/c1-3-4-9-7-12-10(13-9)8(2)5-6-11/h7-8H,3-6,11H2,1-2H3,(H,12,13). The van der Waals surface area contributed by atoms with Crippen LogP contribution >= 0.6 is 0 Å². The Bertz CT molecular complexity index is 242. The van der Waals surface area contributed by atoms with Gasteiger partial charge in [0, 0.05) is 17.8 Å². The van der Waals surface area contributed by atoms with Crippen molar-refractivity contribution >= 4 is 0 Å². The average Bonchev–Trinajstić information content (AvgIpc) is 2.54. The van der Waals surface area contributed by atoms with E-state index in [1.807, 2.05) is 6.20 Å². The van der Waals surface area contributed by atoms with Crippen molar-refractivity contribution in [3.8, 4) is 0 Å². The van der Waals surface area contributed by atoms with Gasteiger partial charge in [-0.1, -0.05) is 20.3 Å². The van der Waals surface area contributed by atoms with E-state index in [1.54, 1.807) is 0 Å². The number of hydrogen-bond acceptors (Lipinski definition) is 2. The molecule has 1 atom stereocenters. The van der Waals surface area contributed by atoms with Gasteiger partial charge in [0.1, 0.15) is 5.82 Å². The third-order valence-corrected chi connectivity index (χ3v) is 2.23. The van der Waals surface area contributed by atoms with Gasteiger partial charge in [-0.05, 0) is 19.4 Å². The molecule has 1 aromatic rings. The van der Waals surface area contributed by atoms with Gasteiger partial charge in [0.05, 0.1) is 0 Å². The molecular weight excluding hydrogens is 162 g/mol. The zero-order valence-corrected chi connectivity index (χ0v) is 8.51. The van der Waals surface area contributed by atoms with Gasteiger partial charge in [-0.25, -0.2) is 4.98 Å². The summed E-state index contributed by atoms with van der Waals surface area (Å²) in [6.45, 7) is 5.05. The zero-order chi connectivity index (χ0) is 9.68. The topological polar surface area (TPSA) is 54.7 Å². The number of imidazole rings is 1. The maximum Gasteiger partial charge on any atom is 0.109 e. The van der Waals surface area contributed by atoms with Crippen LogP contribution in [0.3, 0.4) is 0 Å². The number of rotatable bonds is 5. The van der Waals surface area contributed by atoms with Crippen molar-refractivity contribution in [2.24, 2.45) is 5.73 Å². The summed E-state index contributed by atoms with van der Waals surface area (Å²) in [5.41, 5.74) is 6.73. The number of aryl methyl sites for hydroxylation is 1. The highest BCUT2D eigenvalue weighted by Gasteiger charge is 2.07. The van der Waals surface area contributed by atoms with Gasteiger partial charge in [0.2, 0.25) is 0 Å². The van der Waals surface area contributed by atoms with Crippen LogP contribution in [0.2, 0.25) is 0 Å². The van der Waals surface area contributed by atoms with Gasteiger partial charge in [-0.15, -0.1) is 0 Å². The van der Waals surface area contributed by atoms with E-state index < -0.39 is 0 Å². The molecule has 0 amide bonds. The molecular formula is C10H19N3. The molecule has 0 radical (unpaired) electrons. The van der Waals surface area contributed by atoms with Crippen molar-refractivity contribution in [2.75, 3.05) is 6.54 Å². The predicted octanol–water partition coefficient (Wildman–Crippen LogP) is 1.81. The molecule has 0 bridgehead atoms. The molecule has 13 heavy (non-hydrogen) atoms. The zero-order valence-electron chi connectivity index (χ0n) is 8.51. The van der Waals surface area contributed by atoms with E-state index in [0.717, 1.165) is 31.6 Å². The molecule has 1 unspecified atom stereocenters. The molecule has 1 rings (SSSR count). The van der Waals surface area contributed by atoms with Crippen LogP contribution in [-0.4, -0.2) is 16.5 Å². The third kappa shape index (κ3) is 2.84. The van der Waals surface area contributed by atoms with E-state index >= 15 is 0 Å². The highest BCUT2D eigenvalue weighted by atomic mass is 14.9. The second-order valence-corrected chi connectivity index (χ2v) is 3.52. The van der Waals surface area contributed by atoms with Crippen LogP contribution in [0, 0.1) is 0 Å². The van der Waals surface area contributed by atoms with Crippen LogP contribution < -0.4 is 5.73 Å². The van der Waals surface area contributed by atoms with E-state index in [0.29, 0.717) is 5.92 Å². The molecule has 0 spiro atoms. The van der Waals surface area contributed by atoms with Crippen LogP contribution in [0.25, 0.3) is 0 Å². The Hall–Kier alpha value is -0.830. The first kappa shape index (κ1) is 10.3. The summed E-state index contributed by atoms with van der Waals surface area (Å²) >= 11 is 0. The summed E-state index contributed by atoms with van der Waals surface area (Å²) in [7, 11) is 0. The maximum atomic E-state index is 5.49. The number of aromatic nitrogens is 2. The summed E-state index contributed by atoms with van der Waals surface area (Å²) < 4.78 is 0. The predicted molar refractivity (Wildman–Crippen MR) is 54.7 cm³/mol. The molecule has 0 saturated carbocycles. The summed E-state index contributed by atoms with van der Waals surface area (Å²) in [6, 6.07) is 0. The van der Waals surface area contributed by atoms with E-state index in [-0.39, 0.29) is 0 Å². The Morgan fingerprint density at radius 2 is 2.38 bits per heavy atom. The van der Waals surface area contributed by atoms with Crippen LogP contribution in [0.5, 0.6) is 0 Å². The SMILES string of the molecule is CCCc1cnc(C(C)CCN)[nH]1. The van der Waals surface area contributed by atoms with E-state index in [2.05, 4.69) is 23.8 Å². The number of H-pyrrole nitrogens is 1. The van der Waals surface area contributed by atoms with E-state index in [1.165, 1.54) is 5.69 Å². The molecule has 0 aliphatic heterocycles. The molecule has 0 aromatic carbocycles. The quantitative estimate of drug-likeness (QED) is 0.728. The minimum atomic E-state index is 0.454. The summed E-state index contributed by atoms with van der Waals surface area (Å²) in [6.07, 6.45) is 5.18. The lowest BCUT2D eigenvalue weighted by Gasteiger charge is -2.05. The summed E-state index contributed by atoms with van der Waals surface area (Å²) in [4.78, 5) is 7.67. The van der Waals surface area contributed by atoms with E-state index in [9.17, 15) is 0 Å². The van der Waals surface area contributed by atoms with Crippen molar-refractivity contribution < 1.29 is 0 Å². The van der Waals surface area contributed by atoms with Crippen molar-refractivity contribution in [3.05, 3.63) is 17.7 Å². The van der Waals surface area contributed by atoms with Gasteiger partial charge in [-0.2, -0.15) is 0 Å².